The summed E-state index contributed by atoms with van der Waals surface area (Å²) in [6.45, 7) is 0.758. The van der Waals surface area contributed by atoms with E-state index in [0.717, 1.165) is 23.6 Å². The van der Waals surface area contributed by atoms with E-state index in [1.54, 1.807) is 6.20 Å². The molecule has 3 heteroatoms. The van der Waals surface area contributed by atoms with Gasteiger partial charge in [0.05, 0.1) is 0 Å². The second-order valence-electron chi connectivity index (χ2n) is 4.90. The first-order chi connectivity index (χ1) is 9.36. The van der Waals surface area contributed by atoms with Crippen molar-refractivity contribution < 1.29 is 4.74 Å². The van der Waals surface area contributed by atoms with E-state index in [1.165, 1.54) is 30.4 Å². The van der Waals surface area contributed by atoms with Gasteiger partial charge < -0.3 is 10.1 Å². The van der Waals surface area contributed by atoms with Crippen LogP contribution < -0.4 is 10.1 Å². The summed E-state index contributed by atoms with van der Waals surface area (Å²) in [5.74, 6) is 1.80. The molecule has 0 spiro atoms. The number of pyridine rings is 1. The van der Waals surface area contributed by atoms with E-state index >= 15 is 0 Å². The normalized spacial score (nSPS) is 13.3. The quantitative estimate of drug-likeness (QED) is 0.910. The van der Waals surface area contributed by atoms with Crippen molar-refractivity contribution in [3.05, 3.63) is 53.3 Å². The Labute approximate surface area is 113 Å². The maximum atomic E-state index is 6.01. The van der Waals surface area contributed by atoms with Gasteiger partial charge in [-0.2, -0.15) is 0 Å². The van der Waals surface area contributed by atoms with Crippen molar-refractivity contribution in [3.8, 4) is 11.5 Å². The van der Waals surface area contributed by atoms with Gasteiger partial charge >= 0.3 is 0 Å². The van der Waals surface area contributed by atoms with E-state index in [9.17, 15) is 0 Å². The maximum Gasteiger partial charge on any atom is 0.134 e. The van der Waals surface area contributed by atoms with Gasteiger partial charge in [-0.25, -0.2) is 0 Å². The lowest BCUT2D eigenvalue weighted by Crippen LogP contribution is -2.06. The van der Waals surface area contributed by atoms with Crippen molar-refractivity contribution >= 4 is 0 Å². The fourth-order valence-corrected chi connectivity index (χ4v) is 2.58. The van der Waals surface area contributed by atoms with Crippen molar-refractivity contribution in [2.75, 3.05) is 7.05 Å². The van der Waals surface area contributed by atoms with Crippen molar-refractivity contribution in [3.63, 3.8) is 0 Å². The molecule has 2 aromatic rings. The predicted octanol–water partition coefficient (Wildman–Crippen LogP) is 3.08. The molecule has 1 aromatic heterocycles. The zero-order valence-corrected chi connectivity index (χ0v) is 11.1. The molecular formula is C16H18N2O. The van der Waals surface area contributed by atoms with Crippen LogP contribution in [0.2, 0.25) is 0 Å². The standard InChI is InChI=1S/C16H18N2O/c1-17-10-14-11-18-8-7-16(14)19-15-6-5-12-3-2-4-13(12)9-15/h5-9,11,17H,2-4,10H2,1H3. The summed E-state index contributed by atoms with van der Waals surface area (Å²) in [5.41, 5.74) is 3.98. The van der Waals surface area contributed by atoms with Gasteiger partial charge in [0.1, 0.15) is 11.5 Å². The van der Waals surface area contributed by atoms with Gasteiger partial charge in [0.15, 0.2) is 0 Å². The van der Waals surface area contributed by atoms with E-state index < -0.39 is 0 Å². The number of hydrogen-bond donors (Lipinski definition) is 1. The van der Waals surface area contributed by atoms with E-state index in [4.69, 9.17) is 4.74 Å². The van der Waals surface area contributed by atoms with Crippen LogP contribution in [0.3, 0.4) is 0 Å². The Morgan fingerprint density at radius 1 is 1.21 bits per heavy atom. The summed E-state index contributed by atoms with van der Waals surface area (Å²) in [6.07, 6.45) is 7.25. The number of aromatic nitrogens is 1. The van der Waals surface area contributed by atoms with E-state index in [0.29, 0.717) is 0 Å². The van der Waals surface area contributed by atoms with Gasteiger partial charge in [-0.05, 0) is 55.6 Å². The molecule has 19 heavy (non-hydrogen) atoms. The highest BCUT2D eigenvalue weighted by Gasteiger charge is 2.12. The van der Waals surface area contributed by atoms with Gasteiger partial charge in [0.25, 0.3) is 0 Å². The van der Waals surface area contributed by atoms with Crippen LogP contribution in [-0.4, -0.2) is 12.0 Å². The minimum Gasteiger partial charge on any atom is -0.457 e. The molecule has 1 aliphatic carbocycles. The summed E-state index contributed by atoms with van der Waals surface area (Å²) in [6, 6.07) is 8.34. The monoisotopic (exact) mass is 254 g/mol. The fourth-order valence-electron chi connectivity index (χ4n) is 2.58. The number of benzene rings is 1. The van der Waals surface area contributed by atoms with Gasteiger partial charge in [-0.3, -0.25) is 4.98 Å². The van der Waals surface area contributed by atoms with E-state index in [2.05, 4.69) is 28.5 Å². The van der Waals surface area contributed by atoms with Crippen molar-refractivity contribution in [1.82, 2.24) is 10.3 Å². The Hall–Kier alpha value is -1.87. The molecule has 0 saturated carbocycles. The highest BCUT2D eigenvalue weighted by atomic mass is 16.5. The molecule has 98 valence electrons. The molecule has 0 bridgehead atoms. The molecule has 1 aromatic carbocycles. The topological polar surface area (TPSA) is 34.2 Å². The average Bonchev–Trinajstić information content (AvgIpc) is 2.89. The predicted molar refractivity (Wildman–Crippen MR) is 75.5 cm³/mol. The minimum atomic E-state index is 0.758. The zero-order chi connectivity index (χ0) is 13.1. The number of aryl methyl sites for hydroxylation is 2. The minimum absolute atomic E-state index is 0.758. The third kappa shape index (κ3) is 2.61. The van der Waals surface area contributed by atoms with Crippen LogP contribution in [0.4, 0.5) is 0 Å². The molecular weight excluding hydrogens is 236 g/mol. The Balaban J connectivity index is 1.85. The Kier molecular flexibility index (Phi) is 3.47. The maximum absolute atomic E-state index is 6.01. The smallest absolute Gasteiger partial charge is 0.134 e. The molecule has 0 fully saturated rings. The lowest BCUT2D eigenvalue weighted by Gasteiger charge is -2.11. The van der Waals surface area contributed by atoms with Crippen LogP contribution in [-0.2, 0) is 19.4 Å². The second-order valence-corrected chi connectivity index (χ2v) is 4.90. The Morgan fingerprint density at radius 2 is 2.11 bits per heavy atom. The summed E-state index contributed by atoms with van der Waals surface area (Å²) in [5, 5.41) is 3.13. The molecule has 1 heterocycles. The first-order valence-electron chi connectivity index (χ1n) is 6.74. The first-order valence-corrected chi connectivity index (χ1v) is 6.74. The van der Waals surface area contributed by atoms with E-state index in [-0.39, 0.29) is 0 Å². The van der Waals surface area contributed by atoms with Crippen molar-refractivity contribution in [2.45, 2.75) is 25.8 Å². The molecule has 0 unspecified atom stereocenters. The van der Waals surface area contributed by atoms with Crippen LogP contribution in [0.15, 0.2) is 36.7 Å². The van der Waals surface area contributed by atoms with Gasteiger partial charge in [0.2, 0.25) is 0 Å². The summed E-state index contributed by atoms with van der Waals surface area (Å²) >= 11 is 0. The Bertz CT molecular complexity index is 581. The van der Waals surface area contributed by atoms with Crippen LogP contribution in [0.1, 0.15) is 23.1 Å². The van der Waals surface area contributed by atoms with E-state index in [1.807, 2.05) is 19.3 Å². The lowest BCUT2D eigenvalue weighted by atomic mass is 10.1. The molecule has 0 radical (unpaired) electrons. The molecule has 3 nitrogen and oxygen atoms in total. The number of nitrogens with one attached hydrogen (secondary N) is 1. The van der Waals surface area contributed by atoms with Gasteiger partial charge in [-0.15, -0.1) is 0 Å². The summed E-state index contributed by atoms with van der Waals surface area (Å²) < 4.78 is 6.01. The first kappa shape index (κ1) is 12.2. The number of rotatable bonds is 4. The molecule has 0 amide bonds. The molecule has 0 saturated heterocycles. The third-order valence-electron chi connectivity index (χ3n) is 3.52. The average molecular weight is 254 g/mol. The second kappa shape index (κ2) is 5.41. The van der Waals surface area contributed by atoms with Crippen molar-refractivity contribution in [2.24, 2.45) is 0 Å². The highest BCUT2D eigenvalue weighted by Crippen LogP contribution is 2.30. The van der Waals surface area contributed by atoms with Crippen LogP contribution in [0, 0.1) is 0 Å². The molecule has 0 aliphatic heterocycles. The van der Waals surface area contributed by atoms with Crippen LogP contribution in [0.5, 0.6) is 11.5 Å². The zero-order valence-electron chi connectivity index (χ0n) is 11.1. The number of nitrogens with zero attached hydrogens (tertiary/aromatic N) is 1. The van der Waals surface area contributed by atoms with Crippen molar-refractivity contribution in [1.29, 1.82) is 0 Å². The van der Waals surface area contributed by atoms with Crippen LogP contribution >= 0.6 is 0 Å². The molecule has 0 atom stereocenters. The lowest BCUT2D eigenvalue weighted by molar-refractivity contribution is 0.472. The van der Waals surface area contributed by atoms with Crippen LogP contribution in [0.25, 0.3) is 0 Å². The SMILES string of the molecule is CNCc1cnccc1Oc1ccc2c(c1)CCC2. The summed E-state index contributed by atoms with van der Waals surface area (Å²) in [4.78, 5) is 4.14. The third-order valence-corrected chi connectivity index (χ3v) is 3.52. The molecule has 1 N–H and O–H groups in total. The Morgan fingerprint density at radius 3 is 3.00 bits per heavy atom. The number of fused-ring (bicyclic) bond motifs is 1. The number of hydrogen-bond acceptors (Lipinski definition) is 3. The van der Waals surface area contributed by atoms with Gasteiger partial charge in [0, 0.05) is 24.5 Å². The highest BCUT2D eigenvalue weighted by molar-refractivity contribution is 5.41. The summed E-state index contributed by atoms with van der Waals surface area (Å²) in [7, 11) is 1.92. The molecule has 1 aliphatic rings. The van der Waals surface area contributed by atoms with Gasteiger partial charge in [-0.1, -0.05) is 6.07 Å². The largest absolute Gasteiger partial charge is 0.457 e. The fraction of sp³-hybridized carbons (Fsp3) is 0.312. The molecule has 3 rings (SSSR count). The number of ether oxygens (including phenoxy) is 1.